The molecular weight excluding hydrogens is 644 g/mol. The maximum absolute atomic E-state index is 12.3. The predicted molar refractivity (Wildman–Crippen MR) is 170 cm³/mol. The van der Waals surface area contributed by atoms with E-state index in [4.69, 9.17) is 28.4 Å². The molecule has 2 fully saturated rings. The average Bonchev–Trinajstić information content (AvgIpc) is 3.12. The molecule has 0 amide bonds. The van der Waals surface area contributed by atoms with Crippen LogP contribution in [0, 0.1) is 17.3 Å². The molecule has 0 radical (unpaired) electrons. The molecule has 0 N–H and O–H groups in total. The van der Waals surface area contributed by atoms with Crippen molar-refractivity contribution in [1.29, 1.82) is 0 Å². The number of rotatable bonds is 10. The van der Waals surface area contributed by atoms with E-state index in [9.17, 15) is 19.2 Å². The largest absolute Gasteiger partial charge is 0.550 e. The van der Waals surface area contributed by atoms with E-state index < -0.39 is 24.2 Å². The van der Waals surface area contributed by atoms with Gasteiger partial charge in [-0.1, -0.05) is 13.8 Å². The van der Waals surface area contributed by atoms with Crippen LogP contribution in [0.5, 0.6) is 23.0 Å². The van der Waals surface area contributed by atoms with Gasteiger partial charge in [-0.25, -0.2) is 29.1 Å². The lowest BCUT2D eigenvalue weighted by Crippen LogP contribution is -2.39. The van der Waals surface area contributed by atoms with Crippen LogP contribution in [0.2, 0.25) is 0 Å². The van der Waals surface area contributed by atoms with Gasteiger partial charge in [0.25, 0.3) is 0 Å². The number of ether oxygens (including phenoxy) is 6. The summed E-state index contributed by atoms with van der Waals surface area (Å²) in [5.74, 6) is 0.566. The van der Waals surface area contributed by atoms with Crippen LogP contribution >= 0.6 is 0 Å². The standard InChI is InChI=1S/C35H44O14/c1-35(2,23-9-13-25(14-10-23)44-33(38)48-46-31(36)21-7-17-27(40-3)29(19-21)42-5)24-11-15-26(16-12-24)45-34(39)49-47-32(37)22-8-18-28(41-4)30(20-22)43-6/h7-8,17-20,23-26H,9-16H2,1-6H3. The van der Waals surface area contributed by atoms with Crippen LogP contribution < -0.4 is 18.9 Å². The van der Waals surface area contributed by atoms with Gasteiger partial charge in [0.2, 0.25) is 0 Å². The van der Waals surface area contributed by atoms with Crippen molar-refractivity contribution in [2.24, 2.45) is 17.3 Å². The minimum atomic E-state index is -1.08. The first-order chi connectivity index (χ1) is 23.5. The second-order valence-corrected chi connectivity index (χ2v) is 12.6. The first kappa shape index (κ1) is 36.9. The molecule has 0 saturated heterocycles. The van der Waals surface area contributed by atoms with Crippen LogP contribution in [0.25, 0.3) is 0 Å². The molecule has 268 valence electrons. The van der Waals surface area contributed by atoms with Gasteiger partial charge in [-0.15, -0.1) is 0 Å². The highest BCUT2D eigenvalue weighted by Gasteiger charge is 2.41. The van der Waals surface area contributed by atoms with E-state index in [1.165, 1.54) is 64.8 Å². The lowest BCUT2D eigenvalue weighted by atomic mass is 9.60. The summed E-state index contributed by atoms with van der Waals surface area (Å²) in [5, 5.41) is 0. The fourth-order valence-corrected chi connectivity index (χ4v) is 6.66. The molecule has 0 aliphatic heterocycles. The van der Waals surface area contributed by atoms with E-state index in [0.717, 1.165) is 25.7 Å². The van der Waals surface area contributed by atoms with Crippen LogP contribution in [-0.4, -0.2) is 64.9 Å². The van der Waals surface area contributed by atoms with E-state index in [-0.39, 0.29) is 28.7 Å². The summed E-state index contributed by atoms with van der Waals surface area (Å²) in [6, 6.07) is 8.81. The highest BCUT2D eigenvalue weighted by Crippen LogP contribution is 2.49. The summed E-state index contributed by atoms with van der Waals surface area (Å²) >= 11 is 0. The van der Waals surface area contributed by atoms with Crippen molar-refractivity contribution in [1.82, 2.24) is 0 Å². The third-order valence-electron chi connectivity index (χ3n) is 9.59. The lowest BCUT2D eigenvalue weighted by Gasteiger charge is -2.46. The van der Waals surface area contributed by atoms with Gasteiger partial charge in [0.05, 0.1) is 39.6 Å². The van der Waals surface area contributed by atoms with Gasteiger partial charge in [-0.05, 0) is 105 Å². The average molecular weight is 689 g/mol. The fourth-order valence-electron chi connectivity index (χ4n) is 6.66. The molecule has 14 nitrogen and oxygen atoms in total. The smallest absolute Gasteiger partial charge is 0.493 e. The summed E-state index contributed by atoms with van der Waals surface area (Å²) in [5.41, 5.74) is 0.226. The molecule has 4 rings (SSSR count). The van der Waals surface area contributed by atoms with Crippen molar-refractivity contribution in [3.63, 3.8) is 0 Å². The number of hydrogen-bond donors (Lipinski definition) is 0. The van der Waals surface area contributed by atoms with Crippen molar-refractivity contribution in [2.75, 3.05) is 28.4 Å². The Bertz CT molecular complexity index is 1350. The molecule has 49 heavy (non-hydrogen) atoms. The van der Waals surface area contributed by atoms with Gasteiger partial charge >= 0.3 is 24.2 Å². The molecule has 0 spiro atoms. The second kappa shape index (κ2) is 17.0. The quantitative estimate of drug-likeness (QED) is 0.142. The maximum atomic E-state index is 12.3. The minimum absolute atomic E-state index is 0.000855. The molecule has 2 aliphatic carbocycles. The molecule has 0 aromatic heterocycles. The van der Waals surface area contributed by atoms with Crippen LogP contribution in [0.3, 0.4) is 0 Å². The normalized spacial score (nSPS) is 20.5. The van der Waals surface area contributed by atoms with Gasteiger partial charge in [-0.3, -0.25) is 0 Å². The van der Waals surface area contributed by atoms with Crippen molar-refractivity contribution >= 4 is 24.2 Å². The van der Waals surface area contributed by atoms with E-state index in [1.54, 1.807) is 0 Å². The van der Waals surface area contributed by atoms with E-state index in [1.807, 2.05) is 0 Å². The summed E-state index contributed by atoms with van der Waals surface area (Å²) in [6.45, 7) is 4.52. The van der Waals surface area contributed by atoms with Crippen molar-refractivity contribution < 1.29 is 67.1 Å². The Hall–Kier alpha value is -4.88. The number of benzene rings is 2. The maximum Gasteiger partial charge on any atom is 0.550 e. The van der Waals surface area contributed by atoms with Crippen molar-refractivity contribution in [3.8, 4) is 23.0 Å². The highest BCUT2D eigenvalue weighted by molar-refractivity contribution is 5.90. The summed E-state index contributed by atoms with van der Waals surface area (Å²) in [6.07, 6.45) is 3.15. The zero-order valence-corrected chi connectivity index (χ0v) is 28.6. The van der Waals surface area contributed by atoms with Crippen LogP contribution in [0.15, 0.2) is 36.4 Å². The van der Waals surface area contributed by atoms with E-state index in [2.05, 4.69) is 33.4 Å². The van der Waals surface area contributed by atoms with Gasteiger partial charge in [0.15, 0.2) is 23.0 Å². The zero-order valence-electron chi connectivity index (χ0n) is 28.6. The fraction of sp³-hybridized carbons (Fsp3) is 0.543. The molecule has 0 atom stereocenters. The monoisotopic (exact) mass is 688 g/mol. The SMILES string of the molecule is COc1ccc(C(=O)OOC(=O)OC2CCC(C(C)(C)C3CCC(OC(=O)OOC(=O)c4ccc(OC)c(OC)c4)CC3)CC2)cc1OC. The summed E-state index contributed by atoms with van der Waals surface area (Å²) in [7, 11) is 5.82. The van der Waals surface area contributed by atoms with Crippen LogP contribution in [0.1, 0.15) is 85.9 Å². The Kier molecular flexibility index (Phi) is 12.8. The molecule has 14 heteroatoms. The highest BCUT2D eigenvalue weighted by atomic mass is 17.2. The van der Waals surface area contributed by atoms with E-state index >= 15 is 0 Å². The number of carbonyl (C=O) groups excluding carboxylic acids is 4. The molecule has 2 aliphatic rings. The Morgan fingerprint density at radius 1 is 0.510 bits per heavy atom. The molecule has 0 unspecified atom stereocenters. The Balaban J connectivity index is 1.14. The second-order valence-electron chi connectivity index (χ2n) is 12.6. The van der Waals surface area contributed by atoms with Crippen LogP contribution in [0.4, 0.5) is 9.59 Å². The number of hydrogen-bond acceptors (Lipinski definition) is 14. The van der Waals surface area contributed by atoms with Crippen molar-refractivity contribution in [2.45, 2.75) is 77.4 Å². The first-order valence-corrected chi connectivity index (χ1v) is 16.1. The van der Waals surface area contributed by atoms with Crippen LogP contribution in [-0.2, 0) is 29.0 Å². The number of methoxy groups -OCH3 is 4. The molecular formula is C35H44O14. The third kappa shape index (κ3) is 9.61. The predicted octanol–water partition coefficient (Wildman–Crippen LogP) is 7.02. The molecule has 0 bridgehead atoms. The summed E-state index contributed by atoms with van der Waals surface area (Å²) in [4.78, 5) is 67.7. The summed E-state index contributed by atoms with van der Waals surface area (Å²) < 4.78 is 31.5. The molecule has 0 heterocycles. The van der Waals surface area contributed by atoms with Gasteiger partial charge in [0.1, 0.15) is 12.2 Å². The third-order valence-corrected chi connectivity index (χ3v) is 9.59. The molecule has 2 saturated carbocycles. The number of carbonyl (C=O) groups is 4. The van der Waals surface area contributed by atoms with E-state index in [0.29, 0.717) is 60.5 Å². The zero-order chi connectivity index (χ0) is 35.6. The van der Waals surface area contributed by atoms with Gasteiger partial charge < -0.3 is 28.4 Å². The Labute approximate surface area is 285 Å². The Morgan fingerprint density at radius 3 is 1.18 bits per heavy atom. The van der Waals surface area contributed by atoms with Crippen molar-refractivity contribution in [3.05, 3.63) is 47.5 Å². The van der Waals surface area contributed by atoms with Gasteiger partial charge in [0, 0.05) is 0 Å². The van der Waals surface area contributed by atoms with Gasteiger partial charge in [-0.2, -0.15) is 9.59 Å². The minimum Gasteiger partial charge on any atom is -0.493 e. The molecule has 2 aromatic rings. The lowest BCUT2D eigenvalue weighted by molar-refractivity contribution is -0.209. The Morgan fingerprint density at radius 2 is 0.857 bits per heavy atom. The molecule has 2 aromatic carbocycles. The topological polar surface area (TPSA) is 161 Å². The first-order valence-electron chi connectivity index (χ1n) is 16.1.